The van der Waals surface area contributed by atoms with E-state index in [1.54, 1.807) is 24.5 Å². The van der Waals surface area contributed by atoms with Crippen LogP contribution in [-0.2, 0) is 0 Å². The van der Waals surface area contributed by atoms with E-state index >= 15 is 0 Å². The first kappa shape index (κ1) is 15.4. The van der Waals surface area contributed by atoms with Crippen molar-refractivity contribution in [3.05, 3.63) is 30.1 Å². The number of hydrogen-bond acceptors (Lipinski definition) is 3. The molecule has 1 atom stereocenters. The molecule has 0 fully saturated rings. The van der Waals surface area contributed by atoms with Gasteiger partial charge in [-0.3, -0.25) is 9.98 Å². The molecule has 0 bridgehead atoms. The molecule has 0 spiro atoms. The van der Waals surface area contributed by atoms with Gasteiger partial charge in [-0.05, 0) is 31.0 Å². The van der Waals surface area contributed by atoms with Gasteiger partial charge in [-0.2, -0.15) is 0 Å². The van der Waals surface area contributed by atoms with Crippen molar-refractivity contribution in [1.82, 2.24) is 15.6 Å². The molecule has 1 unspecified atom stereocenters. The second-order valence-corrected chi connectivity index (χ2v) is 4.30. The summed E-state index contributed by atoms with van der Waals surface area (Å²) in [5.74, 6) is 0.754. The van der Waals surface area contributed by atoms with E-state index in [1.807, 2.05) is 6.92 Å². The smallest absolute Gasteiger partial charge is 0.191 e. The third-order valence-corrected chi connectivity index (χ3v) is 2.68. The van der Waals surface area contributed by atoms with Crippen LogP contribution in [0.1, 0.15) is 38.4 Å². The second kappa shape index (κ2) is 9.33. The molecule has 1 rings (SSSR count). The molecule has 1 aromatic rings. The van der Waals surface area contributed by atoms with E-state index in [-0.39, 0.29) is 0 Å². The van der Waals surface area contributed by atoms with E-state index in [4.69, 9.17) is 0 Å². The van der Waals surface area contributed by atoms with Crippen LogP contribution in [-0.4, -0.2) is 35.7 Å². The average molecular weight is 264 g/mol. The molecule has 0 saturated carbocycles. The van der Waals surface area contributed by atoms with Crippen LogP contribution in [0, 0.1) is 0 Å². The number of unbranched alkanes of at least 4 members (excludes halogenated alkanes) is 1. The van der Waals surface area contributed by atoms with Gasteiger partial charge in [-0.25, -0.2) is 0 Å². The summed E-state index contributed by atoms with van der Waals surface area (Å²) in [4.78, 5) is 8.32. The maximum atomic E-state index is 10.0. The zero-order valence-corrected chi connectivity index (χ0v) is 11.8. The Kier molecular flexibility index (Phi) is 7.58. The minimum Gasteiger partial charge on any atom is -0.386 e. The monoisotopic (exact) mass is 264 g/mol. The summed E-state index contributed by atoms with van der Waals surface area (Å²) >= 11 is 0. The molecule has 0 aliphatic heterocycles. The van der Waals surface area contributed by atoms with E-state index in [2.05, 4.69) is 27.5 Å². The van der Waals surface area contributed by atoms with E-state index in [9.17, 15) is 5.11 Å². The second-order valence-electron chi connectivity index (χ2n) is 4.30. The topological polar surface area (TPSA) is 69.5 Å². The van der Waals surface area contributed by atoms with E-state index < -0.39 is 6.10 Å². The molecule has 1 aromatic heterocycles. The van der Waals surface area contributed by atoms with Gasteiger partial charge >= 0.3 is 0 Å². The Hall–Kier alpha value is -1.62. The van der Waals surface area contributed by atoms with Gasteiger partial charge < -0.3 is 15.7 Å². The van der Waals surface area contributed by atoms with Crippen LogP contribution < -0.4 is 10.6 Å². The van der Waals surface area contributed by atoms with Gasteiger partial charge in [0.2, 0.25) is 0 Å². The lowest BCUT2D eigenvalue weighted by Crippen LogP contribution is -2.38. The van der Waals surface area contributed by atoms with Crippen LogP contribution in [0.2, 0.25) is 0 Å². The summed E-state index contributed by atoms with van der Waals surface area (Å²) in [6.07, 6.45) is 5.01. The average Bonchev–Trinajstić information content (AvgIpc) is 2.45. The predicted octanol–water partition coefficient (Wildman–Crippen LogP) is 1.47. The van der Waals surface area contributed by atoms with Gasteiger partial charge in [0.1, 0.15) is 0 Å². The lowest BCUT2D eigenvalue weighted by molar-refractivity contribution is 0.187. The Morgan fingerprint density at radius 1 is 1.32 bits per heavy atom. The molecule has 106 valence electrons. The maximum absolute atomic E-state index is 10.0. The van der Waals surface area contributed by atoms with Crippen molar-refractivity contribution in [2.75, 3.05) is 19.6 Å². The number of aliphatic hydroxyl groups is 1. The summed E-state index contributed by atoms with van der Waals surface area (Å²) in [6.45, 7) is 6.22. The van der Waals surface area contributed by atoms with Gasteiger partial charge in [0.15, 0.2) is 5.96 Å². The first-order valence-corrected chi connectivity index (χ1v) is 6.88. The van der Waals surface area contributed by atoms with Crippen molar-refractivity contribution in [3.63, 3.8) is 0 Å². The van der Waals surface area contributed by atoms with Crippen LogP contribution in [0.5, 0.6) is 0 Å². The van der Waals surface area contributed by atoms with Crippen LogP contribution in [0.25, 0.3) is 0 Å². The molecular weight excluding hydrogens is 240 g/mol. The Bertz CT molecular complexity index is 367. The van der Waals surface area contributed by atoms with Crippen molar-refractivity contribution in [1.29, 1.82) is 0 Å². The number of pyridine rings is 1. The number of nitrogens with zero attached hydrogens (tertiary/aromatic N) is 2. The molecule has 0 amide bonds. The standard InChI is InChI=1S/C14H24N4O/c1-3-5-8-17-14(16-4-2)18-11-13(19)12-6-9-15-10-7-12/h6-7,9-10,13,19H,3-5,8,11H2,1-2H3,(H2,16,17,18). The fraction of sp³-hybridized carbons (Fsp3) is 0.571. The summed E-state index contributed by atoms with van der Waals surface area (Å²) < 4.78 is 0. The number of hydrogen-bond donors (Lipinski definition) is 3. The van der Waals surface area contributed by atoms with Gasteiger partial charge in [0.05, 0.1) is 12.6 Å². The van der Waals surface area contributed by atoms with Gasteiger partial charge in [-0.15, -0.1) is 0 Å². The normalized spacial score (nSPS) is 13.1. The molecule has 0 aromatic carbocycles. The molecule has 0 saturated heterocycles. The molecule has 19 heavy (non-hydrogen) atoms. The van der Waals surface area contributed by atoms with Crippen molar-refractivity contribution in [2.45, 2.75) is 32.8 Å². The van der Waals surface area contributed by atoms with E-state index in [0.29, 0.717) is 6.54 Å². The number of rotatable bonds is 7. The third kappa shape index (κ3) is 6.20. The highest BCUT2D eigenvalue weighted by Crippen LogP contribution is 2.10. The number of nitrogens with one attached hydrogen (secondary N) is 2. The summed E-state index contributed by atoms with van der Waals surface area (Å²) in [5, 5.41) is 16.4. The third-order valence-electron chi connectivity index (χ3n) is 2.68. The van der Waals surface area contributed by atoms with E-state index in [0.717, 1.165) is 37.5 Å². The summed E-state index contributed by atoms with van der Waals surface area (Å²) in [7, 11) is 0. The highest BCUT2D eigenvalue weighted by atomic mass is 16.3. The fourth-order valence-corrected chi connectivity index (χ4v) is 1.59. The van der Waals surface area contributed by atoms with Crippen LogP contribution in [0.3, 0.4) is 0 Å². The van der Waals surface area contributed by atoms with E-state index in [1.165, 1.54) is 0 Å². The zero-order chi connectivity index (χ0) is 13.9. The number of guanidine groups is 1. The van der Waals surface area contributed by atoms with Gasteiger partial charge in [-0.1, -0.05) is 13.3 Å². The SMILES string of the molecule is CCCCNC(=NCC(O)c1ccncc1)NCC. The Balaban J connectivity index is 2.49. The van der Waals surface area contributed by atoms with Crippen molar-refractivity contribution >= 4 is 5.96 Å². The minimum atomic E-state index is -0.593. The van der Waals surface area contributed by atoms with Crippen molar-refractivity contribution in [3.8, 4) is 0 Å². The van der Waals surface area contributed by atoms with Gasteiger partial charge in [0.25, 0.3) is 0 Å². The highest BCUT2D eigenvalue weighted by molar-refractivity contribution is 5.79. The lowest BCUT2D eigenvalue weighted by Gasteiger charge is -2.13. The highest BCUT2D eigenvalue weighted by Gasteiger charge is 2.06. The van der Waals surface area contributed by atoms with Crippen LogP contribution in [0.15, 0.2) is 29.5 Å². The Morgan fingerprint density at radius 2 is 2.05 bits per heavy atom. The molecule has 0 aliphatic rings. The molecular formula is C14H24N4O. The molecule has 0 aliphatic carbocycles. The largest absolute Gasteiger partial charge is 0.386 e. The number of aliphatic imine (C=N–C) groups is 1. The molecule has 3 N–H and O–H groups in total. The zero-order valence-electron chi connectivity index (χ0n) is 11.8. The summed E-state index contributed by atoms with van der Waals surface area (Å²) in [6, 6.07) is 3.61. The van der Waals surface area contributed by atoms with Gasteiger partial charge in [0, 0.05) is 25.5 Å². The molecule has 5 heteroatoms. The fourth-order valence-electron chi connectivity index (χ4n) is 1.59. The molecule has 1 heterocycles. The molecule has 0 radical (unpaired) electrons. The van der Waals surface area contributed by atoms with Crippen molar-refractivity contribution in [2.24, 2.45) is 4.99 Å². The number of aliphatic hydroxyl groups excluding tert-OH is 1. The van der Waals surface area contributed by atoms with Crippen molar-refractivity contribution < 1.29 is 5.11 Å². The number of aromatic nitrogens is 1. The minimum absolute atomic E-state index is 0.339. The maximum Gasteiger partial charge on any atom is 0.191 e. The first-order chi connectivity index (χ1) is 9.27. The summed E-state index contributed by atoms with van der Waals surface area (Å²) in [5.41, 5.74) is 0.836. The lowest BCUT2D eigenvalue weighted by atomic mass is 10.1. The van der Waals surface area contributed by atoms with Crippen LogP contribution in [0.4, 0.5) is 0 Å². The first-order valence-electron chi connectivity index (χ1n) is 6.88. The Labute approximate surface area is 115 Å². The quantitative estimate of drug-likeness (QED) is 0.396. The predicted molar refractivity (Wildman–Crippen MR) is 78.1 cm³/mol. The Morgan fingerprint density at radius 3 is 2.68 bits per heavy atom. The van der Waals surface area contributed by atoms with Crippen LogP contribution >= 0.6 is 0 Å². The molecule has 5 nitrogen and oxygen atoms in total.